The topological polar surface area (TPSA) is 66.5 Å². The Labute approximate surface area is 143 Å². The van der Waals surface area contributed by atoms with Crippen molar-refractivity contribution in [2.45, 2.75) is 58.8 Å². The van der Waals surface area contributed by atoms with E-state index in [1.807, 2.05) is 6.92 Å². The van der Waals surface area contributed by atoms with Crippen molar-refractivity contribution < 1.29 is 14.4 Å². The Balaban J connectivity index is 2.10. The van der Waals surface area contributed by atoms with Gasteiger partial charge in [0.25, 0.3) is 11.8 Å². The second-order valence-corrected chi connectivity index (χ2v) is 6.91. The fourth-order valence-corrected chi connectivity index (χ4v) is 3.11. The van der Waals surface area contributed by atoms with E-state index in [-0.39, 0.29) is 17.7 Å². The third kappa shape index (κ3) is 7.20. The molecular weight excluding hydrogens is 312 g/mol. The number of carbonyl (C=O) groups is 3. The summed E-state index contributed by atoms with van der Waals surface area (Å²) in [4.78, 5) is 37.2. The summed E-state index contributed by atoms with van der Waals surface area (Å²) in [5.74, 6) is 0.499. The highest BCUT2D eigenvalue weighted by atomic mass is 32.2. The number of imide groups is 1. The van der Waals surface area contributed by atoms with Gasteiger partial charge in [-0.05, 0) is 25.0 Å². The van der Waals surface area contributed by atoms with Crippen LogP contribution in [0.1, 0.15) is 58.8 Å². The molecule has 0 aromatic heterocycles. The molecule has 1 rings (SSSR count). The summed E-state index contributed by atoms with van der Waals surface area (Å²) >= 11 is 1.41. The number of rotatable bonds is 12. The molecule has 0 bridgehead atoms. The standard InChI is InChI=1S/C17H28N2O3S/c1-3-5-8-11-18-15(20)10-7-6-9-12-19-16(21)13-14(17(19)22)23-4-2/h13H,3-12H2,1-2H3,(H,18,20). The highest BCUT2D eigenvalue weighted by molar-refractivity contribution is 8.04. The number of thioether (sulfide) groups is 1. The highest BCUT2D eigenvalue weighted by Crippen LogP contribution is 2.24. The molecule has 0 aromatic carbocycles. The average molecular weight is 340 g/mol. The number of unbranched alkanes of at least 4 members (excludes halogenated alkanes) is 4. The lowest BCUT2D eigenvalue weighted by Crippen LogP contribution is -2.31. The van der Waals surface area contributed by atoms with Gasteiger partial charge >= 0.3 is 0 Å². The van der Waals surface area contributed by atoms with Gasteiger partial charge in [0.05, 0.1) is 4.91 Å². The molecular formula is C17H28N2O3S. The molecule has 1 N–H and O–H groups in total. The van der Waals surface area contributed by atoms with E-state index in [9.17, 15) is 14.4 Å². The van der Waals surface area contributed by atoms with Gasteiger partial charge in [-0.1, -0.05) is 33.1 Å². The van der Waals surface area contributed by atoms with E-state index < -0.39 is 0 Å². The lowest BCUT2D eigenvalue weighted by molar-refractivity contribution is -0.137. The van der Waals surface area contributed by atoms with Crippen LogP contribution >= 0.6 is 11.8 Å². The van der Waals surface area contributed by atoms with Crippen molar-refractivity contribution >= 4 is 29.5 Å². The molecule has 0 aromatic rings. The molecule has 23 heavy (non-hydrogen) atoms. The average Bonchev–Trinajstić information content (AvgIpc) is 2.79. The van der Waals surface area contributed by atoms with Crippen molar-refractivity contribution in [3.8, 4) is 0 Å². The zero-order chi connectivity index (χ0) is 17.1. The Hall–Kier alpha value is -1.30. The molecule has 6 heteroatoms. The first-order valence-electron chi connectivity index (χ1n) is 8.57. The monoisotopic (exact) mass is 340 g/mol. The number of amides is 3. The Bertz CT molecular complexity index is 449. The summed E-state index contributed by atoms with van der Waals surface area (Å²) in [6, 6.07) is 0. The predicted molar refractivity (Wildman–Crippen MR) is 93.9 cm³/mol. The lowest BCUT2D eigenvalue weighted by Gasteiger charge is -2.14. The van der Waals surface area contributed by atoms with E-state index in [1.54, 1.807) is 0 Å². The first-order valence-corrected chi connectivity index (χ1v) is 9.55. The third-order valence-electron chi connectivity index (χ3n) is 3.66. The largest absolute Gasteiger partial charge is 0.356 e. The van der Waals surface area contributed by atoms with E-state index in [0.717, 1.165) is 50.8 Å². The Morgan fingerprint density at radius 3 is 2.61 bits per heavy atom. The molecule has 0 aliphatic carbocycles. The smallest absolute Gasteiger partial charge is 0.267 e. The normalized spacial score (nSPS) is 14.3. The summed E-state index contributed by atoms with van der Waals surface area (Å²) in [6.45, 7) is 5.30. The minimum atomic E-state index is -0.209. The van der Waals surface area contributed by atoms with E-state index in [2.05, 4.69) is 12.2 Å². The first kappa shape index (κ1) is 19.7. The van der Waals surface area contributed by atoms with Gasteiger partial charge in [0, 0.05) is 25.6 Å². The van der Waals surface area contributed by atoms with Crippen molar-refractivity contribution in [1.29, 1.82) is 0 Å². The molecule has 1 heterocycles. The summed E-state index contributed by atoms with van der Waals surface area (Å²) in [5.41, 5.74) is 0. The number of carbonyl (C=O) groups excluding carboxylic acids is 3. The van der Waals surface area contributed by atoms with Crippen LogP contribution in [0.2, 0.25) is 0 Å². The van der Waals surface area contributed by atoms with Gasteiger partial charge in [0.1, 0.15) is 0 Å². The van der Waals surface area contributed by atoms with Gasteiger partial charge < -0.3 is 5.32 Å². The molecule has 5 nitrogen and oxygen atoms in total. The molecule has 0 saturated heterocycles. The first-order chi connectivity index (χ1) is 11.1. The van der Waals surface area contributed by atoms with Crippen LogP contribution < -0.4 is 5.32 Å². The predicted octanol–water partition coefficient (Wildman–Crippen LogP) is 2.86. The van der Waals surface area contributed by atoms with Gasteiger partial charge in [-0.25, -0.2) is 0 Å². The van der Waals surface area contributed by atoms with E-state index in [0.29, 0.717) is 17.9 Å². The van der Waals surface area contributed by atoms with Crippen molar-refractivity contribution in [3.63, 3.8) is 0 Å². The Kier molecular flexibility index (Phi) is 9.67. The van der Waals surface area contributed by atoms with E-state index >= 15 is 0 Å². The van der Waals surface area contributed by atoms with Crippen molar-refractivity contribution in [2.75, 3.05) is 18.8 Å². The Morgan fingerprint density at radius 1 is 1.13 bits per heavy atom. The maximum absolute atomic E-state index is 12.0. The van der Waals surface area contributed by atoms with Gasteiger partial charge in [0.15, 0.2) is 0 Å². The number of nitrogens with one attached hydrogen (secondary N) is 1. The van der Waals surface area contributed by atoms with Crippen LogP contribution in [0.25, 0.3) is 0 Å². The maximum atomic E-state index is 12.0. The quantitative estimate of drug-likeness (QED) is 0.438. The van der Waals surface area contributed by atoms with Crippen molar-refractivity contribution in [3.05, 3.63) is 11.0 Å². The van der Waals surface area contributed by atoms with Crippen LogP contribution in [0.5, 0.6) is 0 Å². The molecule has 0 fully saturated rings. The molecule has 130 valence electrons. The van der Waals surface area contributed by atoms with E-state index in [1.165, 1.54) is 22.7 Å². The third-order valence-corrected chi connectivity index (χ3v) is 4.56. The van der Waals surface area contributed by atoms with E-state index in [4.69, 9.17) is 0 Å². The molecule has 0 unspecified atom stereocenters. The minimum absolute atomic E-state index is 0.0951. The van der Waals surface area contributed by atoms with Gasteiger partial charge in [-0.15, -0.1) is 11.8 Å². The number of hydrogen-bond donors (Lipinski definition) is 1. The molecule has 0 atom stereocenters. The molecule has 3 amide bonds. The Morgan fingerprint density at radius 2 is 1.91 bits per heavy atom. The van der Waals surface area contributed by atoms with Crippen LogP contribution in [0.4, 0.5) is 0 Å². The summed E-state index contributed by atoms with van der Waals surface area (Å²) in [7, 11) is 0. The zero-order valence-corrected chi connectivity index (χ0v) is 15.0. The molecule has 1 aliphatic rings. The van der Waals surface area contributed by atoms with Crippen molar-refractivity contribution in [1.82, 2.24) is 10.2 Å². The van der Waals surface area contributed by atoms with Crippen LogP contribution in [-0.4, -0.2) is 41.5 Å². The van der Waals surface area contributed by atoms with Gasteiger partial charge in [0.2, 0.25) is 5.91 Å². The second-order valence-electron chi connectivity index (χ2n) is 5.60. The highest BCUT2D eigenvalue weighted by Gasteiger charge is 2.30. The summed E-state index contributed by atoms with van der Waals surface area (Å²) < 4.78 is 0. The second kappa shape index (κ2) is 11.3. The SMILES string of the molecule is CCCCCNC(=O)CCCCCN1C(=O)C=C(SCC)C1=O. The lowest BCUT2D eigenvalue weighted by atomic mass is 10.1. The molecule has 1 aliphatic heterocycles. The zero-order valence-electron chi connectivity index (χ0n) is 14.2. The number of nitrogens with zero attached hydrogens (tertiary/aromatic N) is 1. The van der Waals surface area contributed by atoms with Gasteiger partial charge in [-0.2, -0.15) is 0 Å². The molecule has 0 radical (unpaired) electrons. The van der Waals surface area contributed by atoms with Gasteiger partial charge in [-0.3, -0.25) is 19.3 Å². The summed E-state index contributed by atoms with van der Waals surface area (Å²) in [6.07, 6.45) is 7.66. The maximum Gasteiger partial charge on any atom is 0.267 e. The van der Waals surface area contributed by atoms with Crippen molar-refractivity contribution in [2.24, 2.45) is 0 Å². The summed E-state index contributed by atoms with van der Waals surface area (Å²) in [5, 5.41) is 2.91. The van der Waals surface area contributed by atoms with Crippen LogP contribution in [0, 0.1) is 0 Å². The van der Waals surface area contributed by atoms with Crippen LogP contribution in [0.3, 0.4) is 0 Å². The fraction of sp³-hybridized carbons (Fsp3) is 0.706. The molecule has 0 saturated carbocycles. The number of hydrogen-bond acceptors (Lipinski definition) is 4. The molecule has 0 spiro atoms. The van der Waals surface area contributed by atoms with Crippen LogP contribution in [-0.2, 0) is 14.4 Å². The van der Waals surface area contributed by atoms with Crippen LogP contribution in [0.15, 0.2) is 11.0 Å². The minimum Gasteiger partial charge on any atom is -0.356 e. The fourth-order valence-electron chi connectivity index (χ4n) is 2.38.